The van der Waals surface area contributed by atoms with Crippen LogP contribution in [0.1, 0.15) is 23.1 Å². The molecule has 3 rings (SSSR count). The molecular formula is C15H16ClN3. The molecular weight excluding hydrogens is 258 g/mol. The standard InChI is InChI=1S/C15H16ClN3/c1-10-9-17-15(16)19-14(10)18-13-7-6-11-4-2-3-5-12(11)8-13/h2-5,9,13H,6-8H2,1H3,(H,17,18,19). The van der Waals surface area contributed by atoms with E-state index in [1.54, 1.807) is 6.20 Å². The summed E-state index contributed by atoms with van der Waals surface area (Å²) in [7, 11) is 0. The molecule has 0 fully saturated rings. The van der Waals surface area contributed by atoms with E-state index in [2.05, 4.69) is 39.6 Å². The molecule has 0 saturated carbocycles. The van der Waals surface area contributed by atoms with Gasteiger partial charge in [-0.3, -0.25) is 0 Å². The lowest BCUT2D eigenvalue weighted by Crippen LogP contribution is -2.28. The molecule has 3 nitrogen and oxygen atoms in total. The summed E-state index contributed by atoms with van der Waals surface area (Å²) >= 11 is 5.85. The predicted octanol–water partition coefficient (Wildman–Crippen LogP) is 3.41. The van der Waals surface area contributed by atoms with Gasteiger partial charge in [-0.05, 0) is 48.9 Å². The third-order valence-electron chi connectivity index (χ3n) is 3.63. The number of nitrogens with zero attached hydrogens (tertiary/aromatic N) is 2. The Morgan fingerprint density at radius 2 is 2.05 bits per heavy atom. The monoisotopic (exact) mass is 273 g/mol. The Kier molecular flexibility index (Phi) is 3.38. The maximum Gasteiger partial charge on any atom is 0.224 e. The molecule has 0 radical (unpaired) electrons. The van der Waals surface area contributed by atoms with Gasteiger partial charge in [-0.15, -0.1) is 0 Å². The van der Waals surface area contributed by atoms with E-state index >= 15 is 0 Å². The Balaban J connectivity index is 1.77. The van der Waals surface area contributed by atoms with Crippen LogP contribution < -0.4 is 5.32 Å². The van der Waals surface area contributed by atoms with E-state index in [1.165, 1.54) is 11.1 Å². The van der Waals surface area contributed by atoms with Crippen LogP contribution in [-0.4, -0.2) is 16.0 Å². The van der Waals surface area contributed by atoms with Crippen LogP contribution in [0.3, 0.4) is 0 Å². The summed E-state index contributed by atoms with van der Waals surface area (Å²) in [5.74, 6) is 0.851. The first kappa shape index (κ1) is 12.4. The highest BCUT2D eigenvalue weighted by molar-refractivity contribution is 6.28. The fourth-order valence-corrected chi connectivity index (χ4v) is 2.71. The number of anilines is 1. The van der Waals surface area contributed by atoms with Crippen molar-refractivity contribution in [2.75, 3.05) is 5.32 Å². The molecule has 1 aliphatic rings. The number of halogens is 1. The fraction of sp³-hybridized carbons (Fsp3) is 0.333. The molecule has 1 N–H and O–H groups in total. The molecule has 1 aliphatic carbocycles. The van der Waals surface area contributed by atoms with Gasteiger partial charge in [0.2, 0.25) is 5.28 Å². The number of fused-ring (bicyclic) bond motifs is 1. The van der Waals surface area contributed by atoms with Crippen LogP contribution in [0.25, 0.3) is 0 Å². The minimum absolute atomic E-state index is 0.296. The van der Waals surface area contributed by atoms with Gasteiger partial charge in [0.1, 0.15) is 5.82 Å². The van der Waals surface area contributed by atoms with E-state index < -0.39 is 0 Å². The molecule has 1 heterocycles. The van der Waals surface area contributed by atoms with Gasteiger partial charge in [0.25, 0.3) is 0 Å². The Morgan fingerprint density at radius 3 is 2.89 bits per heavy atom. The summed E-state index contributed by atoms with van der Waals surface area (Å²) in [4.78, 5) is 8.25. The molecule has 19 heavy (non-hydrogen) atoms. The smallest absolute Gasteiger partial charge is 0.224 e. The quantitative estimate of drug-likeness (QED) is 0.852. The number of benzene rings is 1. The molecule has 2 aromatic rings. The SMILES string of the molecule is Cc1cnc(Cl)nc1NC1CCc2ccccc2C1. The van der Waals surface area contributed by atoms with Gasteiger partial charge in [0, 0.05) is 17.8 Å². The molecule has 0 bridgehead atoms. The lowest BCUT2D eigenvalue weighted by atomic mass is 9.88. The first-order valence-electron chi connectivity index (χ1n) is 6.55. The third-order valence-corrected chi connectivity index (χ3v) is 3.81. The molecule has 1 atom stereocenters. The van der Waals surface area contributed by atoms with Gasteiger partial charge in [0.05, 0.1) is 0 Å². The summed E-state index contributed by atoms with van der Waals surface area (Å²) in [5.41, 5.74) is 3.94. The Labute approximate surface area is 118 Å². The molecule has 0 aliphatic heterocycles. The highest BCUT2D eigenvalue weighted by atomic mass is 35.5. The second-order valence-corrected chi connectivity index (χ2v) is 5.36. The van der Waals surface area contributed by atoms with Crippen molar-refractivity contribution in [2.45, 2.75) is 32.2 Å². The molecule has 98 valence electrons. The van der Waals surface area contributed by atoms with Crippen LogP contribution in [0.15, 0.2) is 30.5 Å². The first-order valence-corrected chi connectivity index (χ1v) is 6.92. The van der Waals surface area contributed by atoms with Crippen LogP contribution in [0.4, 0.5) is 5.82 Å². The van der Waals surface area contributed by atoms with E-state index in [0.717, 1.165) is 30.6 Å². The zero-order chi connectivity index (χ0) is 13.2. The van der Waals surface area contributed by atoms with Crippen molar-refractivity contribution in [1.29, 1.82) is 0 Å². The average molecular weight is 274 g/mol. The zero-order valence-electron chi connectivity index (χ0n) is 10.9. The molecule has 1 aromatic heterocycles. The zero-order valence-corrected chi connectivity index (χ0v) is 11.6. The van der Waals surface area contributed by atoms with Crippen LogP contribution in [0, 0.1) is 6.92 Å². The molecule has 0 saturated heterocycles. The van der Waals surface area contributed by atoms with Crippen LogP contribution in [-0.2, 0) is 12.8 Å². The van der Waals surface area contributed by atoms with Crippen molar-refractivity contribution in [3.63, 3.8) is 0 Å². The normalized spacial score (nSPS) is 17.9. The van der Waals surface area contributed by atoms with Gasteiger partial charge in [-0.2, -0.15) is 0 Å². The molecule has 1 unspecified atom stereocenters. The number of nitrogens with one attached hydrogen (secondary N) is 1. The number of hydrogen-bond donors (Lipinski definition) is 1. The van der Waals surface area contributed by atoms with Gasteiger partial charge >= 0.3 is 0 Å². The van der Waals surface area contributed by atoms with Crippen LogP contribution >= 0.6 is 11.6 Å². The van der Waals surface area contributed by atoms with E-state index in [1.807, 2.05) is 6.92 Å². The van der Waals surface area contributed by atoms with Crippen molar-refractivity contribution in [3.8, 4) is 0 Å². The highest BCUT2D eigenvalue weighted by Gasteiger charge is 2.19. The molecule has 0 spiro atoms. The second-order valence-electron chi connectivity index (χ2n) is 5.02. The topological polar surface area (TPSA) is 37.8 Å². The van der Waals surface area contributed by atoms with E-state index in [9.17, 15) is 0 Å². The van der Waals surface area contributed by atoms with Crippen molar-refractivity contribution in [2.24, 2.45) is 0 Å². The largest absolute Gasteiger partial charge is 0.367 e. The Morgan fingerprint density at radius 1 is 1.26 bits per heavy atom. The number of rotatable bonds is 2. The van der Waals surface area contributed by atoms with Crippen LogP contribution in [0.2, 0.25) is 5.28 Å². The molecule has 1 aromatic carbocycles. The van der Waals surface area contributed by atoms with Gasteiger partial charge in [-0.25, -0.2) is 9.97 Å². The minimum Gasteiger partial charge on any atom is -0.367 e. The summed E-state index contributed by atoms with van der Waals surface area (Å²) in [5, 5.41) is 3.79. The summed E-state index contributed by atoms with van der Waals surface area (Å²) in [6.07, 6.45) is 5.04. The van der Waals surface area contributed by atoms with Crippen molar-refractivity contribution >= 4 is 17.4 Å². The number of hydrogen-bond acceptors (Lipinski definition) is 3. The second kappa shape index (κ2) is 5.17. The van der Waals surface area contributed by atoms with E-state index in [0.29, 0.717) is 11.3 Å². The summed E-state index contributed by atoms with van der Waals surface area (Å²) in [6, 6.07) is 9.07. The first-order chi connectivity index (χ1) is 9.22. The number of aryl methyl sites for hydroxylation is 2. The summed E-state index contributed by atoms with van der Waals surface area (Å²) < 4.78 is 0. The van der Waals surface area contributed by atoms with Crippen molar-refractivity contribution in [3.05, 3.63) is 52.4 Å². The number of aromatic nitrogens is 2. The van der Waals surface area contributed by atoms with E-state index in [-0.39, 0.29) is 0 Å². The maximum absolute atomic E-state index is 5.85. The van der Waals surface area contributed by atoms with Gasteiger partial charge in [-0.1, -0.05) is 24.3 Å². The summed E-state index contributed by atoms with van der Waals surface area (Å²) in [6.45, 7) is 2.00. The fourth-order valence-electron chi connectivity index (χ4n) is 2.58. The van der Waals surface area contributed by atoms with Crippen molar-refractivity contribution in [1.82, 2.24) is 9.97 Å². The third kappa shape index (κ3) is 2.71. The van der Waals surface area contributed by atoms with Crippen molar-refractivity contribution < 1.29 is 0 Å². The highest BCUT2D eigenvalue weighted by Crippen LogP contribution is 2.24. The average Bonchev–Trinajstić information content (AvgIpc) is 2.43. The molecule has 4 heteroatoms. The van der Waals surface area contributed by atoms with Gasteiger partial charge < -0.3 is 5.32 Å². The Hall–Kier alpha value is -1.61. The molecule has 0 amide bonds. The maximum atomic E-state index is 5.85. The predicted molar refractivity (Wildman–Crippen MR) is 77.7 cm³/mol. The Bertz CT molecular complexity index is 598. The lowest BCUT2D eigenvalue weighted by Gasteiger charge is -2.26. The minimum atomic E-state index is 0.296. The van der Waals surface area contributed by atoms with E-state index in [4.69, 9.17) is 11.6 Å². The van der Waals surface area contributed by atoms with Gasteiger partial charge in [0.15, 0.2) is 0 Å². The van der Waals surface area contributed by atoms with Crippen LogP contribution in [0.5, 0.6) is 0 Å². The lowest BCUT2D eigenvalue weighted by molar-refractivity contribution is 0.608.